The minimum Gasteiger partial charge on any atom is -0.507 e. The fraction of sp³-hybridized carbons (Fsp3) is 0.235. The van der Waals surface area contributed by atoms with Crippen molar-refractivity contribution in [1.29, 1.82) is 0 Å². The van der Waals surface area contributed by atoms with E-state index in [-0.39, 0.29) is 45.9 Å². The van der Waals surface area contributed by atoms with Crippen molar-refractivity contribution in [3.8, 4) is 11.5 Å². The van der Waals surface area contributed by atoms with Gasteiger partial charge in [0.25, 0.3) is 0 Å². The molecule has 0 spiro atoms. The van der Waals surface area contributed by atoms with Gasteiger partial charge in [0, 0.05) is 12.1 Å². The van der Waals surface area contributed by atoms with Crippen molar-refractivity contribution in [3.05, 3.63) is 52.6 Å². The lowest BCUT2D eigenvalue weighted by molar-refractivity contribution is 0.0692. The number of aromatic hydroxyl groups is 2. The largest absolute Gasteiger partial charge is 0.507 e. The molecule has 2 aromatic rings. The van der Waals surface area contributed by atoms with Crippen molar-refractivity contribution < 1.29 is 28.5 Å². The van der Waals surface area contributed by atoms with Crippen LogP contribution in [0.5, 0.6) is 11.5 Å². The molecule has 25 heavy (non-hydrogen) atoms. The predicted molar refractivity (Wildman–Crippen MR) is 91.5 cm³/mol. The molecule has 0 fully saturated rings. The van der Waals surface area contributed by atoms with Crippen LogP contribution in [0.1, 0.15) is 27.0 Å². The number of carboxylic acid groups (broad SMARTS) is 1. The lowest BCUT2D eigenvalue weighted by atomic mass is 9.94. The standard InChI is InChI=1S/C17H19NO6S/c1-10-13(15(19)11(2)16(20)14(10)17(21)22)8-9-18-25(23,24)12-6-4-3-5-7-12/h3-7,18-20H,8-9H2,1-2H3,(H,21,22). The average molecular weight is 365 g/mol. The molecule has 0 aromatic heterocycles. The zero-order chi connectivity index (χ0) is 18.8. The van der Waals surface area contributed by atoms with Crippen molar-refractivity contribution in [2.75, 3.05) is 6.54 Å². The van der Waals surface area contributed by atoms with Gasteiger partial charge in [-0.1, -0.05) is 18.2 Å². The SMILES string of the molecule is Cc1c(O)c(CCNS(=O)(=O)c2ccccc2)c(C)c(C(=O)O)c1O. The maximum atomic E-state index is 12.2. The van der Waals surface area contributed by atoms with Crippen LogP contribution in [0.3, 0.4) is 0 Å². The molecule has 0 radical (unpaired) electrons. The molecule has 0 aliphatic heterocycles. The highest BCUT2D eigenvalue weighted by molar-refractivity contribution is 7.89. The van der Waals surface area contributed by atoms with Crippen molar-refractivity contribution in [3.63, 3.8) is 0 Å². The maximum Gasteiger partial charge on any atom is 0.339 e. The number of rotatable bonds is 6. The fourth-order valence-corrected chi connectivity index (χ4v) is 3.65. The zero-order valence-corrected chi connectivity index (χ0v) is 14.6. The Bertz CT molecular complexity index is 907. The van der Waals surface area contributed by atoms with Gasteiger partial charge in [-0.2, -0.15) is 0 Å². The van der Waals surface area contributed by atoms with Crippen LogP contribution < -0.4 is 4.72 Å². The highest BCUT2D eigenvalue weighted by atomic mass is 32.2. The summed E-state index contributed by atoms with van der Waals surface area (Å²) in [7, 11) is -3.70. The van der Waals surface area contributed by atoms with Crippen LogP contribution in [0.15, 0.2) is 35.2 Å². The van der Waals surface area contributed by atoms with Crippen molar-refractivity contribution in [2.45, 2.75) is 25.2 Å². The number of carboxylic acids is 1. The van der Waals surface area contributed by atoms with Crippen molar-refractivity contribution in [2.24, 2.45) is 0 Å². The molecule has 0 saturated heterocycles. The Balaban J connectivity index is 2.26. The summed E-state index contributed by atoms with van der Waals surface area (Å²) >= 11 is 0. The van der Waals surface area contributed by atoms with E-state index in [1.165, 1.54) is 26.0 Å². The molecule has 2 aromatic carbocycles. The summed E-state index contributed by atoms with van der Waals surface area (Å²) in [5, 5.41) is 29.3. The number of hydrogen-bond acceptors (Lipinski definition) is 5. The molecule has 0 unspecified atom stereocenters. The molecular formula is C17H19NO6S. The first-order chi connectivity index (χ1) is 11.7. The Hall–Kier alpha value is -2.58. The second-order valence-electron chi connectivity index (χ2n) is 5.57. The summed E-state index contributed by atoms with van der Waals surface area (Å²) in [6.07, 6.45) is 0.0745. The molecule has 0 bridgehead atoms. The number of hydrogen-bond donors (Lipinski definition) is 4. The third-order valence-corrected chi connectivity index (χ3v) is 5.47. The van der Waals surface area contributed by atoms with Gasteiger partial charge in [-0.15, -0.1) is 0 Å². The van der Waals surface area contributed by atoms with Gasteiger partial charge in [-0.05, 0) is 43.5 Å². The van der Waals surface area contributed by atoms with E-state index in [9.17, 15) is 28.5 Å². The molecule has 0 aliphatic rings. The Labute approximate surface area is 145 Å². The van der Waals surface area contributed by atoms with Gasteiger partial charge in [0.05, 0.1) is 4.90 Å². The van der Waals surface area contributed by atoms with Gasteiger partial charge in [-0.25, -0.2) is 17.9 Å². The first-order valence-corrected chi connectivity index (χ1v) is 8.97. The Morgan fingerprint density at radius 2 is 1.64 bits per heavy atom. The van der Waals surface area contributed by atoms with Crippen LogP contribution in [-0.4, -0.2) is 36.3 Å². The minimum atomic E-state index is -3.70. The number of nitrogens with one attached hydrogen (secondary N) is 1. The summed E-state index contributed by atoms with van der Waals surface area (Å²) in [4.78, 5) is 11.4. The second-order valence-corrected chi connectivity index (χ2v) is 7.33. The van der Waals surface area contributed by atoms with Crippen LogP contribution in [0.4, 0.5) is 0 Å². The average Bonchev–Trinajstić information content (AvgIpc) is 2.56. The van der Waals surface area contributed by atoms with Gasteiger partial charge < -0.3 is 15.3 Å². The second kappa shape index (κ2) is 7.12. The Morgan fingerprint density at radius 3 is 2.20 bits per heavy atom. The number of sulfonamides is 1. The van der Waals surface area contributed by atoms with E-state index in [4.69, 9.17) is 0 Å². The summed E-state index contributed by atoms with van der Waals surface area (Å²) in [6.45, 7) is 2.83. The highest BCUT2D eigenvalue weighted by Gasteiger charge is 2.23. The van der Waals surface area contributed by atoms with Crippen LogP contribution >= 0.6 is 0 Å². The summed E-state index contributed by atoms with van der Waals surface area (Å²) in [5.41, 5.74) is 0.232. The van der Waals surface area contributed by atoms with Crippen molar-refractivity contribution in [1.82, 2.24) is 4.72 Å². The van der Waals surface area contributed by atoms with Gasteiger partial charge in [-0.3, -0.25) is 0 Å². The molecule has 134 valence electrons. The van der Waals surface area contributed by atoms with E-state index < -0.39 is 21.7 Å². The van der Waals surface area contributed by atoms with Gasteiger partial charge in [0.15, 0.2) is 0 Å². The van der Waals surface area contributed by atoms with E-state index in [1.807, 2.05) is 0 Å². The number of benzene rings is 2. The molecule has 0 amide bonds. The topological polar surface area (TPSA) is 124 Å². The minimum absolute atomic E-state index is 0.0328. The van der Waals surface area contributed by atoms with Crippen LogP contribution in [0, 0.1) is 13.8 Å². The Morgan fingerprint density at radius 1 is 1.04 bits per heavy atom. The molecular weight excluding hydrogens is 346 g/mol. The normalized spacial score (nSPS) is 11.4. The van der Waals surface area contributed by atoms with E-state index in [0.717, 1.165) is 0 Å². The number of aromatic carboxylic acids is 1. The molecule has 0 saturated carbocycles. The molecule has 0 atom stereocenters. The fourth-order valence-electron chi connectivity index (χ4n) is 2.59. The summed E-state index contributed by atoms with van der Waals surface area (Å²) < 4.78 is 26.8. The van der Waals surface area contributed by atoms with E-state index in [0.29, 0.717) is 0 Å². The molecule has 4 N–H and O–H groups in total. The van der Waals surface area contributed by atoms with E-state index in [1.54, 1.807) is 18.2 Å². The molecule has 0 aliphatic carbocycles. The Kier molecular flexibility index (Phi) is 5.34. The highest BCUT2D eigenvalue weighted by Crippen LogP contribution is 2.37. The quantitative estimate of drug-likeness (QED) is 0.620. The molecule has 8 heteroatoms. The molecule has 0 heterocycles. The zero-order valence-electron chi connectivity index (χ0n) is 13.8. The maximum absolute atomic E-state index is 12.2. The first-order valence-electron chi connectivity index (χ1n) is 7.48. The van der Waals surface area contributed by atoms with Crippen LogP contribution in [-0.2, 0) is 16.4 Å². The molecule has 7 nitrogen and oxygen atoms in total. The number of phenols is 2. The lowest BCUT2D eigenvalue weighted by Gasteiger charge is -2.16. The third kappa shape index (κ3) is 3.75. The van der Waals surface area contributed by atoms with E-state index >= 15 is 0 Å². The summed E-state index contributed by atoms with van der Waals surface area (Å²) in [6, 6.07) is 7.82. The van der Waals surface area contributed by atoms with Gasteiger partial charge in [0.1, 0.15) is 17.1 Å². The lowest BCUT2D eigenvalue weighted by Crippen LogP contribution is -2.26. The number of carbonyl (C=O) groups is 1. The monoisotopic (exact) mass is 365 g/mol. The van der Waals surface area contributed by atoms with Crippen molar-refractivity contribution >= 4 is 16.0 Å². The van der Waals surface area contributed by atoms with Crippen LogP contribution in [0.2, 0.25) is 0 Å². The van der Waals surface area contributed by atoms with Gasteiger partial charge in [0.2, 0.25) is 10.0 Å². The van der Waals surface area contributed by atoms with Crippen LogP contribution in [0.25, 0.3) is 0 Å². The third-order valence-electron chi connectivity index (χ3n) is 4.00. The first kappa shape index (κ1) is 18.8. The smallest absolute Gasteiger partial charge is 0.339 e. The predicted octanol–water partition coefficient (Wildman–Crippen LogP) is 1.93. The summed E-state index contributed by atoms with van der Waals surface area (Å²) in [5.74, 6) is -2.04. The molecule has 2 rings (SSSR count). The van der Waals surface area contributed by atoms with E-state index in [2.05, 4.69) is 4.72 Å². The number of phenolic OH excluding ortho intramolecular Hbond substituents is 1. The van der Waals surface area contributed by atoms with Gasteiger partial charge >= 0.3 is 5.97 Å².